The lowest BCUT2D eigenvalue weighted by Crippen LogP contribution is -2.06. The number of carbonyl (C=O) groups excluding carboxylic acids is 1. The first-order valence-corrected chi connectivity index (χ1v) is 7.17. The normalized spacial score (nSPS) is 10.4. The average Bonchev–Trinajstić information content (AvgIpc) is 2.35. The van der Waals surface area contributed by atoms with Gasteiger partial charge in [-0.1, -0.05) is 30.3 Å². The SMILES string of the molecule is O=C(Cc1cccc(F)c1Br)c1ccccc1I. The zero-order valence-corrected chi connectivity index (χ0v) is 13.0. The summed E-state index contributed by atoms with van der Waals surface area (Å²) >= 11 is 5.30. The van der Waals surface area contributed by atoms with Crippen LogP contribution in [0.15, 0.2) is 46.9 Å². The van der Waals surface area contributed by atoms with Crippen molar-refractivity contribution < 1.29 is 9.18 Å². The topological polar surface area (TPSA) is 17.1 Å². The van der Waals surface area contributed by atoms with Crippen LogP contribution in [-0.4, -0.2) is 5.78 Å². The van der Waals surface area contributed by atoms with Crippen LogP contribution in [0.5, 0.6) is 0 Å². The van der Waals surface area contributed by atoms with Gasteiger partial charge in [0.05, 0.1) is 4.47 Å². The van der Waals surface area contributed by atoms with Gasteiger partial charge in [0.15, 0.2) is 5.78 Å². The van der Waals surface area contributed by atoms with Gasteiger partial charge in [-0.15, -0.1) is 0 Å². The van der Waals surface area contributed by atoms with Crippen molar-refractivity contribution in [2.24, 2.45) is 0 Å². The van der Waals surface area contributed by atoms with Crippen molar-refractivity contribution in [3.63, 3.8) is 0 Å². The highest BCUT2D eigenvalue weighted by molar-refractivity contribution is 14.1. The van der Waals surface area contributed by atoms with E-state index in [4.69, 9.17) is 0 Å². The summed E-state index contributed by atoms with van der Waals surface area (Å²) in [6.45, 7) is 0. The molecule has 2 aromatic carbocycles. The molecular weight excluding hydrogens is 410 g/mol. The molecule has 0 N–H and O–H groups in total. The summed E-state index contributed by atoms with van der Waals surface area (Å²) in [5.41, 5.74) is 1.34. The molecule has 0 amide bonds. The van der Waals surface area contributed by atoms with Gasteiger partial charge in [0, 0.05) is 15.6 Å². The van der Waals surface area contributed by atoms with Crippen molar-refractivity contribution in [3.05, 3.63) is 67.5 Å². The van der Waals surface area contributed by atoms with Crippen LogP contribution in [0.25, 0.3) is 0 Å². The van der Waals surface area contributed by atoms with Crippen molar-refractivity contribution in [3.8, 4) is 0 Å². The summed E-state index contributed by atoms with van der Waals surface area (Å²) in [5, 5.41) is 0. The number of ketones is 1. The van der Waals surface area contributed by atoms with Gasteiger partial charge in [-0.05, 0) is 56.2 Å². The molecule has 0 fully saturated rings. The molecule has 0 saturated heterocycles. The zero-order chi connectivity index (χ0) is 13.1. The van der Waals surface area contributed by atoms with Crippen molar-refractivity contribution in [1.82, 2.24) is 0 Å². The van der Waals surface area contributed by atoms with Gasteiger partial charge in [0.2, 0.25) is 0 Å². The lowest BCUT2D eigenvalue weighted by molar-refractivity contribution is 0.0992. The van der Waals surface area contributed by atoms with Crippen molar-refractivity contribution in [1.29, 1.82) is 0 Å². The smallest absolute Gasteiger partial charge is 0.168 e. The maximum absolute atomic E-state index is 13.4. The molecule has 0 aromatic heterocycles. The molecule has 1 nitrogen and oxygen atoms in total. The molecule has 18 heavy (non-hydrogen) atoms. The van der Waals surface area contributed by atoms with Crippen molar-refractivity contribution >= 4 is 44.3 Å². The lowest BCUT2D eigenvalue weighted by Gasteiger charge is -2.06. The highest BCUT2D eigenvalue weighted by atomic mass is 127. The highest BCUT2D eigenvalue weighted by Gasteiger charge is 2.13. The minimum absolute atomic E-state index is 0.00806. The second-order valence-corrected chi connectivity index (χ2v) is 5.75. The van der Waals surface area contributed by atoms with E-state index < -0.39 is 0 Å². The van der Waals surface area contributed by atoms with E-state index in [1.807, 2.05) is 18.2 Å². The third kappa shape index (κ3) is 2.98. The van der Waals surface area contributed by atoms with Crippen LogP contribution in [0.1, 0.15) is 15.9 Å². The molecule has 2 rings (SSSR count). The van der Waals surface area contributed by atoms with E-state index in [1.54, 1.807) is 18.2 Å². The fourth-order valence-corrected chi connectivity index (χ4v) is 2.73. The first kappa shape index (κ1) is 13.7. The molecule has 0 radical (unpaired) electrons. The molecule has 92 valence electrons. The van der Waals surface area contributed by atoms with Crippen LogP contribution >= 0.6 is 38.5 Å². The first-order chi connectivity index (χ1) is 8.59. The van der Waals surface area contributed by atoms with Gasteiger partial charge < -0.3 is 0 Å². The minimum Gasteiger partial charge on any atom is -0.294 e. The Balaban J connectivity index is 2.27. The molecule has 0 spiro atoms. The van der Waals surface area contributed by atoms with Crippen LogP contribution in [-0.2, 0) is 6.42 Å². The van der Waals surface area contributed by atoms with E-state index in [-0.39, 0.29) is 18.0 Å². The van der Waals surface area contributed by atoms with E-state index in [0.29, 0.717) is 15.6 Å². The van der Waals surface area contributed by atoms with Crippen molar-refractivity contribution in [2.75, 3.05) is 0 Å². The number of halogens is 3. The zero-order valence-electron chi connectivity index (χ0n) is 9.29. The lowest BCUT2D eigenvalue weighted by atomic mass is 10.0. The molecule has 0 bridgehead atoms. The molecule has 0 atom stereocenters. The second-order valence-electron chi connectivity index (χ2n) is 3.79. The monoisotopic (exact) mass is 418 g/mol. The molecule has 4 heteroatoms. The third-order valence-electron chi connectivity index (χ3n) is 2.56. The number of rotatable bonds is 3. The molecule has 2 aromatic rings. The number of hydrogen-bond donors (Lipinski definition) is 0. The maximum atomic E-state index is 13.4. The van der Waals surface area contributed by atoms with Crippen LogP contribution in [0.4, 0.5) is 4.39 Å². The number of carbonyl (C=O) groups is 1. The van der Waals surface area contributed by atoms with Crippen LogP contribution < -0.4 is 0 Å². The Hall–Kier alpha value is -0.750. The maximum Gasteiger partial charge on any atom is 0.168 e. The van der Waals surface area contributed by atoms with Gasteiger partial charge >= 0.3 is 0 Å². The third-order valence-corrected chi connectivity index (χ3v) is 4.39. The van der Waals surface area contributed by atoms with Gasteiger partial charge in [-0.2, -0.15) is 0 Å². The number of benzene rings is 2. The summed E-state index contributed by atoms with van der Waals surface area (Å²) in [6, 6.07) is 12.1. The van der Waals surface area contributed by atoms with Crippen molar-refractivity contribution in [2.45, 2.75) is 6.42 Å². The molecule has 0 saturated carbocycles. The van der Waals surface area contributed by atoms with E-state index in [9.17, 15) is 9.18 Å². The predicted molar refractivity (Wildman–Crippen MR) is 81.3 cm³/mol. The fourth-order valence-electron chi connectivity index (χ4n) is 1.64. The minimum atomic E-state index is -0.344. The largest absolute Gasteiger partial charge is 0.294 e. The fraction of sp³-hybridized carbons (Fsp3) is 0.0714. The Kier molecular flexibility index (Phi) is 4.50. The van der Waals surface area contributed by atoms with E-state index >= 15 is 0 Å². The molecule has 0 unspecified atom stereocenters. The van der Waals surface area contributed by atoms with Gasteiger partial charge in [0.1, 0.15) is 5.82 Å². The molecule has 0 heterocycles. The van der Waals surface area contributed by atoms with E-state index in [1.165, 1.54) is 6.07 Å². The van der Waals surface area contributed by atoms with Gasteiger partial charge in [0.25, 0.3) is 0 Å². The summed E-state index contributed by atoms with van der Waals surface area (Å²) in [6.07, 6.45) is 0.193. The number of Topliss-reactive ketones (excluding diaryl/α,β-unsaturated/α-hetero) is 1. The molecule has 0 aliphatic heterocycles. The summed E-state index contributed by atoms with van der Waals surface area (Å²) in [7, 11) is 0. The van der Waals surface area contributed by atoms with Crippen LogP contribution in [0.3, 0.4) is 0 Å². The number of hydrogen-bond acceptors (Lipinski definition) is 1. The second kappa shape index (κ2) is 5.93. The predicted octanol–water partition coefficient (Wildman–Crippen LogP) is 4.62. The quantitative estimate of drug-likeness (QED) is 0.525. The van der Waals surface area contributed by atoms with Crippen LogP contribution in [0, 0.1) is 9.39 Å². The van der Waals surface area contributed by atoms with Gasteiger partial charge in [-0.25, -0.2) is 4.39 Å². The Morgan fingerprint density at radius 2 is 1.89 bits per heavy atom. The standard InChI is InChI=1S/C14H9BrFIO/c15-14-9(4-3-6-11(14)16)8-13(18)10-5-1-2-7-12(10)17/h1-7H,8H2. The molecule has 0 aliphatic carbocycles. The van der Waals surface area contributed by atoms with Gasteiger partial charge in [-0.3, -0.25) is 4.79 Å². The summed E-state index contributed by atoms with van der Waals surface area (Å²) in [4.78, 5) is 12.2. The van der Waals surface area contributed by atoms with E-state index in [0.717, 1.165) is 3.57 Å². The summed E-state index contributed by atoms with van der Waals surface area (Å²) < 4.78 is 14.6. The Morgan fingerprint density at radius 3 is 2.61 bits per heavy atom. The van der Waals surface area contributed by atoms with Crippen LogP contribution in [0.2, 0.25) is 0 Å². The summed E-state index contributed by atoms with van der Waals surface area (Å²) in [5.74, 6) is -0.352. The molecule has 0 aliphatic rings. The Bertz CT molecular complexity index is 598. The average molecular weight is 419 g/mol. The first-order valence-electron chi connectivity index (χ1n) is 5.30. The Morgan fingerprint density at radius 1 is 1.17 bits per heavy atom. The van der Waals surface area contributed by atoms with E-state index in [2.05, 4.69) is 38.5 Å². The highest BCUT2D eigenvalue weighted by Crippen LogP contribution is 2.23. The Labute approximate surface area is 127 Å². The molecular formula is C14H9BrFIO.